The lowest BCUT2D eigenvalue weighted by molar-refractivity contribution is -0.143. The number of alkyl halides is 6. The van der Waals surface area contributed by atoms with E-state index in [-0.39, 0.29) is 9.90 Å². The van der Waals surface area contributed by atoms with Crippen molar-refractivity contribution in [3.05, 3.63) is 58.2 Å². The molecule has 0 bridgehead atoms. The summed E-state index contributed by atoms with van der Waals surface area (Å²) in [5.41, 5.74) is -1.45. The molecular formula is C19H10ClF6N3O2S3. The van der Waals surface area contributed by atoms with E-state index in [1.54, 1.807) is 11.4 Å². The van der Waals surface area contributed by atoms with E-state index in [0.29, 0.717) is 27.6 Å². The van der Waals surface area contributed by atoms with Crippen LogP contribution in [0.25, 0.3) is 21.0 Å². The molecule has 0 N–H and O–H groups in total. The molecule has 0 radical (unpaired) electrons. The zero-order valence-electron chi connectivity index (χ0n) is 16.6. The average Bonchev–Trinajstić information content (AvgIpc) is 3.45. The highest BCUT2D eigenvalue weighted by molar-refractivity contribution is 7.93. The van der Waals surface area contributed by atoms with Gasteiger partial charge in [0.15, 0.2) is 5.03 Å². The molecule has 0 spiro atoms. The van der Waals surface area contributed by atoms with Crippen molar-refractivity contribution >= 4 is 44.1 Å². The number of hydrogen-bond donors (Lipinski definition) is 0. The fourth-order valence-corrected chi connectivity index (χ4v) is 6.97. The number of rotatable bonds is 4. The van der Waals surface area contributed by atoms with Crippen molar-refractivity contribution in [1.82, 2.24) is 14.8 Å². The Morgan fingerprint density at radius 1 is 1.00 bits per heavy atom. The Kier molecular flexibility index (Phi) is 6.07. The molecule has 4 rings (SSSR count). The van der Waals surface area contributed by atoms with Crippen molar-refractivity contribution in [2.45, 2.75) is 21.6 Å². The first-order chi connectivity index (χ1) is 15.7. The summed E-state index contributed by atoms with van der Waals surface area (Å²) in [5, 5.41) is 4.13. The van der Waals surface area contributed by atoms with Crippen molar-refractivity contribution in [3.8, 4) is 21.0 Å². The number of sulfone groups is 1. The first-order valence-electron chi connectivity index (χ1n) is 8.96. The van der Waals surface area contributed by atoms with Crippen LogP contribution in [0.3, 0.4) is 0 Å². The molecule has 34 heavy (non-hydrogen) atoms. The lowest BCUT2D eigenvalue weighted by Gasteiger charge is -2.08. The summed E-state index contributed by atoms with van der Waals surface area (Å²) in [6.07, 6.45) is -8.91. The van der Waals surface area contributed by atoms with E-state index in [1.165, 1.54) is 19.2 Å². The first-order valence-corrected chi connectivity index (χ1v) is 12.5. The van der Waals surface area contributed by atoms with Crippen LogP contribution in [-0.4, -0.2) is 23.2 Å². The van der Waals surface area contributed by atoms with Gasteiger partial charge in [-0.15, -0.1) is 22.7 Å². The summed E-state index contributed by atoms with van der Waals surface area (Å²) in [7, 11) is -3.13. The Labute approximate surface area is 201 Å². The fourth-order valence-electron chi connectivity index (χ4n) is 2.95. The van der Waals surface area contributed by atoms with Gasteiger partial charge in [0.05, 0.1) is 15.5 Å². The summed E-state index contributed by atoms with van der Waals surface area (Å²) < 4.78 is 104. The standard InChI is InChI=1S/C19H10ClF6N3O2S3/c1-29-15(19(24,25)26)6-12(28-29)14-4-9(8-32-14)13-2-3-16(33-13)34(30,31)17-11(20)5-10(7-27-17)18(21,22)23/h2-8H,1H3. The van der Waals surface area contributed by atoms with Crippen LogP contribution in [0.4, 0.5) is 26.3 Å². The molecule has 180 valence electrons. The third-order valence-electron chi connectivity index (χ3n) is 4.54. The van der Waals surface area contributed by atoms with Crippen molar-refractivity contribution in [3.63, 3.8) is 0 Å². The van der Waals surface area contributed by atoms with Crippen molar-refractivity contribution in [2.24, 2.45) is 7.05 Å². The van der Waals surface area contributed by atoms with Crippen molar-refractivity contribution in [2.75, 3.05) is 0 Å². The number of aromatic nitrogens is 3. The minimum absolute atomic E-state index is 0.108. The second-order valence-corrected chi connectivity index (χ2v) is 11.4. The second-order valence-electron chi connectivity index (χ2n) is 6.87. The number of aryl methyl sites for hydroxylation is 1. The summed E-state index contributed by atoms with van der Waals surface area (Å²) in [5.74, 6) is 0. The van der Waals surface area contributed by atoms with Crippen LogP contribution in [0.15, 0.2) is 51.1 Å². The Hall–Kier alpha value is -2.42. The number of pyridine rings is 1. The van der Waals surface area contributed by atoms with E-state index in [2.05, 4.69) is 10.1 Å². The molecule has 0 aliphatic carbocycles. The molecule has 0 fully saturated rings. The maximum Gasteiger partial charge on any atom is 0.433 e. The fraction of sp³-hybridized carbons (Fsp3) is 0.158. The van der Waals surface area contributed by atoms with Gasteiger partial charge in [-0.05, 0) is 30.3 Å². The highest BCUT2D eigenvalue weighted by atomic mass is 35.5. The van der Waals surface area contributed by atoms with E-state index < -0.39 is 43.5 Å². The SMILES string of the molecule is Cn1nc(-c2cc(-c3ccc(S(=O)(=O)c4ncc(C(F)(F)F)cc4Cl)s3)cs2)cc1C(F)(F)F. The van der Waals surface area contributed by atoms with E-state index in [0.717, 1.165) is 33.4 Å². The van der Waals surface area contributed by atoms with Crippen molar-refractivity contribution < 1.29 is 34.8 Å². The second kappa shape index (κ2) is 8.36. The average molecular weight is 558 g/mol. The molecule has 4 aromatic rings. The van der Waals surface area contributed by atoms with Gasteiger partial charge in [-0.3, -0.25) is 4.68 Å². The van der Waals surface area contributed by atoms with Gasteiger partial charge in [-0.25, -0.2) is 13.4 Å². The lowest BCUT2D eigenvalue weighted by atomic mass is 10.2. The molecule has 4 heterocycles. The summed E-state index contributed by atoms with van der Waals surface area (Å²) >= 11 is 7.73. The largest absolute Gasteiger partial charge is 0.433 e. The Balaban J connectivity index is 1.64. The van der Waals surface area contributed by atoms with Crippen LogP contribution in [0.5, 0.6) is 0 Å². The maximum atomic E-state index is 13.0. The Morgan fingerprint density at radius 3 is 2.29 bits per heavy atom. The van der Waals surface area contributed by atoms with Crippen LogP contribution in [0, 0.1) is 0 Å². The molecule has 0 saturated carbocycles. The number of thiophene rings is 2. The zero-order chi connectivity index (χ0) is 25.1. The molecule has 15 heteroatoms. The zero-order valence-corrected chi connectivity index (χ0v) is 19.8. The Morgan fingerprint density at radius 2 is 1.71 bits per heavy atom. The maximum absolute atomic E-state index is 13.0. The van der Waals surface area contributed by atoms with E-state index in [4.69, 9.17) is 11.6 Å². The van der Waals surface area contributed by atoms with Gasteiger partial charge < -0.3 is 0 Å². The van der Waals surface area contributed by atoms with Gasteiger partial charge in [0.25, 0.3) is 0 Å². The summed E-state index contributed by atoms with van der Waals surface area (Å²) in [6, 6.07) is 5.70. The molecule has 0 aliphatic heterocycles. The molecule has 0 saturated heterocycles. The topological polar surface area (TPSA) is 64.8 Å². The molecule has 0 unspecified atom stereocenters. The van der Waals surface area contributed by atoms with Crippen LogP contribution in [0.2, 0.25) is 5.02 Å². The van der Waals surface area contributed by atoms with Gasteiger partial charge in [0, 0.05) is 29.1 Å². The molecule has 4 aromatic heterocycles. The third-order valence-corrected chi connectivity index (χ3v) is 9.23. The molecule has 0 aliphatic rings. The number of halogens is 7. The van der Waals surface area contributed by atoms with Gasteiger partial charge in [-0.2, -0.15) is 31.4 Å². The third kappa shape index (κ3) is 4.59. The van der Waals surface area contributed by atoms with E-state index >= 15 is 0 Å². The van der Waals surface area contributed by atoms with Gasteiger partial charge >= 0.3 is 12.4 Å². The van der Waals surface area contributed by atoms with Gasteiger partial charge in [0.1, 0.15) is 15.6 Å². The van der Waals surface area contributed by atoms with Crippen LogP contribution in [0.1, 0.15) is 11.3 Å². The summed E-state index contributed by atoms with van der Waals surface area (Å²) in [4.78, 5) is 4.32. The van der Waals surface area contributed by atoms with E-state index in [1.807, 2.05) is 0 Å². The van der Waals surface area contributed by atoms with E-state index in [9.17, 15) is 34.8 Å². The predicted octanol–water partition coefficient (Wildman–Crippen LogP) is 6.80. The Bertz CT molecular complexity index is 1490. The highest BCUT2D eigenvalue weighted by Gasteiger charge is 2.35. The quantitative estimate of drug-likeness (QED) is 0.259. The minimum atomic E-state index is -4.74. The normalized spacial score (nSPS) is 12.9. The molecule has 5 nitrogen and oxygen atoms in total. The number of hydrogen-bond acceptors (Lipinski definition) is 6. The van der Waals surface area contributed by atoms with Crippen molar-refractivity contribution in [1.29, 1.82) is 0 Å². The van der Waals surface area contributed by atoms with Crippen LogP contribution in [-0.2, 0) is 29.2 Å². The van der Waals surface area contributed by atoms with Gasteiger partial charge in [0.2, 0.25) is 9.84 Å². The first kappa shape index (κ1) is 24.7. The molecule has 0 aromatic carbocycles. The summed E-state index contributed by atoms with van der Waals surface area (Å²) in [6.45, 7) is 0. The van der Waals surface area contributed by atoms with Gasteiger partial charge in [-0.1, -0.05) is 11.6 Å². The monoisotopic (exact) mass is 557 g/mol. The number of nitrogens with zero attached hydrogens (tertiary/aromatic N) is 3. The minimum Gasteiger partial charge on any atom is -0.263 e. The van der Waals surface area contributed by atoms with Crippen LogP contribution >= 0.6 is 34.3 Å². The lowest BCUT2D eigenvalue weighted by Crippen LogP contribution is -2.11. The smallest absolute Gasteiger partial charge is 0.263 e. The van der Waals surface area contributed by atoms with Crippen LogP contribution < -0.4 is 0 Å². The highest BCUT2D eigenvalue weighted by Crippen LogP contribution is 2.40. The molecule has 0 amide bonds. The predicted molar refractivity (Wildman–Crippen MR) is 115 cm³/mol. The molecule has 0 atom stereocenters. The molecular weight excluding hydrogens is 548 g/mol.